The molecule has 0 saturated carbocycles. The summed E-state index contributed by atoms with van der Waals surface area (Å²) in [6, 6.07) is 0. The summed E-state index contributed by atoms with van der Waals surface area (Å²) in [5.74, 6) is 0. The summed E-state index contributed by atoms with van der Waals surface area (Å²) in [5.41, 5.74) is 5.85. The molecule has 0 amide bonds. The van der Waals surface area contributed by atoms with Crippen LogP contribution in [-0.4, -0.2) is 6.66 Å². The molecule has 0 aromatic carbocycles. The second-order valence-electron chi connectivity index (χ2n) is 7.67. The number of halogens is 2. The topological polar surface area (TPSA) is 0 Å². The zero-order chi connectivity index (χ0) is 18.1. The van der Waals surface area contributed by atoms with Gasteiger partial charge in [0.05, 0.1) is 0 Å². The summed E-state index contributed by atoms with van der Waals surface area (Å²) in [6.45, 7) is 12.5. The summed E-state index contributed by atoms with van der Waals surface area (Å²) in [6.07, 6.45) is 14.0. The Morgan fingerprint density at radius 1 is 0.792 bits per heavy atom. The van der Waals surface area contributed by atoms with Crippen molar-refractivity contribution in [3.8, 4) is 0 Å². The van der Waals surface area contributed by atoms with Gasteiger partial charge in [0.15, 0.2) is 0 Å². The van der Waals surface area contributed by atoms with Gasteiger partial charge in [0.25, 0.3) is 0 Å². The first kappa shape index (κ1) is 20.8. The number of hydrogen-bond acceptors (Lipinski definition) is 0. The number of allylic oxidation sites excluding steroid dienone is 8. The molecule has 0 aromatic rings. The van der Waals surface area contributed by atoms with Crippen molar-refractivity contribution in [2.45, 2.75) is 74.9 Å². The Labute approximate surface area is 158 Å². The van der Waals surface area contributed by atoms with Crippen molar-refractivity contribution < 1.29 is 12.4 Å². The maximum absolute atomic E-state index is 7.78. The van der Waals surface area contributed by atoms with Gasteiger partial charge in [0.2, 0.25) is 0 Å². The first-order chi connectivity index (χ1) is 11.2. The fraction of sp³-hybridized carbons (Fsp3) is 0.600. The van der Waals surface area contributed by atoms with Gasteiger partial charge in [0, 0.05) is 0 Å². The van der Waals surface area contributed by atoms with E-state index in [2.05, 4.69) is 65.1 Å². The third kappa shape index (κ3) is 3.25. The van der Waals surface area contributed by atoms with Crippen LogP contribution in [-0.2, 0) is 12.4 Å². The molecule has 4 heteroatoms. The average Bonchev–Trinajstić information content (AvgIpc) is 3.19. The first-order valence-electron chi connectivity index (χ1n) is 9.62. The third-order valence-electron chi connectivity index (χ3n) is 6.23. The molecule has 0 bridgehead atoms. The first-order valence-corrected chi connectivity index (χ1v) is 21.3. The zero-order valence-corrected chi connectivity index (χ0v) is 20.4. The molecule has 0 nitrogen and oxygen atoms in total. The summed E-state index contributed by atoms with van der Waals surface area (Å²) in [5, 5.41) is 0. The van der Waals surface area contributed by atoms with E-state index in [-0.39, 0.29) is 0 Å². The Bertz CT molecular complexity index is 578. The van der Waals surface area contributed by atoms with Crippen LogP contribution in [0.15, 0.2) is 46.6 Å². The Morgan fingerprint density at radius 2 is 1.17 bits per heavy atom. The standard InChI is InChI=1S/2C9H13.C2H7Si.2ClH.Ti/c2*1-3-8-5-6-9(4-2)7-8;1-3-2;;;/h2*5-7H,3-4H2,1-2H3;3H,1-2H3;2*1H;/q;;;;;+2/p-2. The van der Waals surface area contributed by atoms with Crippen LogP contribution in [0.4, 0.5) is 0 Å². The van der Waals surface area contributed by atoms with Gasteiger partial charge in [-0.1, -0.05) is 0 Å². The van der Waals surface area contributed by atoms with Gasteiger partial charge < -0.3 is 0 Å². The molecule has 0 fully saturated rings. The monoisotopic (exact) mass is 419 g/mol. The van der Waals surface area contributed by atoms with E-state index in [0.717, 1.165) is 25.7 Å². The molecule has 2 aliphatic carbocycles. The summed E-state index contributed by atoms with van der Waals surface area (Å²) < 4.78 is 0.647. The van der Waals surface area contributed by atoms with Crippen molar-refractivity contribution >= 4 is 25.3 Å². The van der Waals surface area contributed by atoms with Gasteiger partial charge in [-0.3, -0.25) is 0 Å². The summed E-state index contributed by atoms with van der Waals surface area (Å²) in [7, 11) is 15.6. The molecule has 2 atom stereocenters. The van der Waals surface area contributed by atoms with Gasteiger partial charge in [-0.2, -0.15) is 0 Å². The second-order valence-corrected chi connectivity index (χ2v) is 37.1. The summed E-state index contributed by atoms with van der Waals surface area (Å²) >= 11 is -3.81. The molecule has 2 aliphatic rings. The maximum atomic E-state index is 7.78. The zero-order valence-electron chi connectivity index (χ0n) is 16.1. The van der Waals surface area contributed by atoms with Crippen LogP contribution in [0.5, 0.6) is 0 Å². The molecule has 0 aliphatic heterocycles. The molecular formula is C20H33Cl2SiTi. The van der Waals surface area contributed by atoms with E-state index in [1.54, 1.807) is 0 Å². The van der Waals surface area contributed by atoms with Gasteiger partial charge in [-0.05, 0) is 0 Å². The molecule has 2 rings (SSSR count). The quantitative estimate of drug-likeness (QED) is 0.367. The molecule has 135 valence electrons. The van der Waals surface area contributed by atoms with Crippen molar-refractivity contribution in [2.24, 2.45) is 0 Å². The van der Waals surface area contributed by atoms with Crippen LogP contribution in [0.1, 0.15) is 53.4 Å². The molecular weight excluding hydrogens is 387 g/mol. The minimum absolute atomic E-state index is 0.323. The van der Waals surface area contributed by atoms with E-state index in [0.29, 0.717) is 8.45 Å². The van der Waals surface area contributed by atoms with Crippen molar-refractivity contribution in [3.63, 3.8) is 0 Å². The van der Waals surface area contributed by atoms with Crippen LogP contribution in [0.25, 0.3) is 0 Å². The molecule has 0 aromatic heterocycles. The van der Waals surface area contributed by atoms with E-state index in [4.69, 9.17) is 18.6 Å². The van der Waals surface area contributed by atoms with Crippen molar-refractivity contribution in [3.05, 3.63) is 46.6 Å². The van der Waals surface area contributed by atoms with Crippen LogP contribution in [0.2, 0.25) is 21.5 Å². The molecule has 0 heterocycles. The Balaban J connectivity index is 2.62. The van der Waals surface area contributed by atoms with Crippen LogP contribution in [0, 0.1) is 0 Å². The Hall–Kier alpha value is 0.471. The second kappa shape index (κ2) is 7.61. The molecule has 0 radical (unpaired) electrons. The number of rotatable bonds is 7. The Morgan fingerprint density at radius 3 is 1.42 bits per heavy atom. The van der Waals surface area contributed by atoms with Gasteiger partial charge in [-0.15, -0.1) is 0 Å². The normalized spacial score (nSPS) is 26.0. The minimum atomic E-state index is -3.81. The van der Waals surface area contributed by atoms with Crippen molar-refractivity contribution in [2.75, 3.05) is 0 Å². The van der Waals surface area contributed by atoms with E-state index >= 15 is 0 Å². The predicted octanol–water partition coefficient (Wildman–Crippen LogP) is 7.92. The van der Waals surface area contributed by atoms with E-state index in [1.165, 1.54) is 22.3 Å². The summed E-state index contributed by atoms with van der Waals surface area (Å²) in [4.78, 5) is 0. The fourth-order valence-corrected chi connectivity index (χ4v) is 23.9. The molecule has 0 N–H and O–H groups in total. The predicted molar refractivity (Wildman–Crippen MR) is 112 cm³/mol. The average molecular weight is 420 g/mol. The molecule has 0 saturated heterocycles. The number of hydrogen-bond donors (Lipinski definition) is 0. The molecule has 24 heavy (non-hydrogen) atoms. The van der Waals surface area contributed by atoms with Crippen LogP contribution >= 0.6 is 18.6 Å². The van der Waals surface area contributed by atoms with E-state index < -0.39 is 19.1 Å². The molecule has 2 unspecified atom stereocenters. The van der Waals surface area contributed by atoms with Gasteiger partial charge in [0.1, 0.15) is 0 Å². The van der Waals surface area contributed by atoms with Gasteiger partial charge in [-0.25, -0.2) is 0 Å². The van der Waals surface area contributed by atoms with Crippen LogP contribution < -0.4 is 0 Å². The van der Waals surface area contributed by atoms with Crippen LogP contribution in [0.3, 0.4) is 0 Å². The van der Waals surface area contributed by atoms with Crippen molar-refractivity contribution in [1.29, 1.82) is 0 Å². The van der Waals surface area contributed by atoms with Crippen molar-refractivity contribution in [1.82, 2.24) is 0 Å². The van der Waals surface area contributed by atoms with E-state index in [9.17, 15) is 0 Å². The third-order valence-corrected chi connectivity index (χ3v) is 41.8. The molecule has 0 spiro atoms. The fourth-order valence-electron chi connectivity index (χ4n) is 4.42. The SMILES string of the molecule is CCC1=C[CH]([Ti]([Cl])([Cl])([CH]2C=C(CC)C=C2CC)[SiH](C)C)C(CC)=C1. The van der Waals surface area contributed by atoms with E-state index in [1.807, 2.05) is 0 Å². The Kier molecular flexibility index (Phi) is 6.59. The van der Waals surface area contributed by atoms with Gasteiger partial charge >= 0.3 is 159 Å².